The molecule has 0 amide bonds. The van der Waals surface area contributed by atoms with Crippen LogP contribution in [0.1, 0.15) is 11.7 Å². The zero-order chi connectivity index (χ0) is 15.7. The fraction of sp³-hybridized carbons (Fsp3) is 0.0625. The predicted molar refractivity (Wildman–Crippen MR) is 84.5 cm³/mol. The maximum atomic E-state index is 4.27. The van der Waals surface area contributed by atoms with Crippen LogP contribution in [0.5, 0.6) is 0 Å². The van der Waals surface area contributed by atoms with Gasteiger partial charge in [0.25, 0.3) is 0 Å². The summed E-state index contributed by atoms with van der Waals surface area (Å²) in [7, 11) is 0. The minimum Gasteiger partial charge on any atom is -0.265 e. The molecule has 1 unspecified atom stereocenters. The Morgan fingerprint density at radius 1 is 0.739 bits per heavy atom. The molecule has 0 saturated heterocycles. The summed E-state index contributed by atoms with van der Waals surface area (Å²) in [5, 5.41) is 16.8. The number of nitrogens with zero attached hydrogens (tertiary/aromatic N) is 7. The normalized spacial score (nSPS) is 12.7. The van der Waals surface area contributed by atoms with Crippen molar-refractivity contribution in [3.8, 4) is 0 Å². The van der Waals surface area contributed by atoms with Crippen LogP contribution in [0.4, 0.5) is 11.5 Å². The van der Waals surface area contributed by atoms with Gasteiger partial charge in [-0.2, -0.15) is 15.3 Å². The van der Waals surface area contributed by atoms with Crippen molar-refractivity contribution in [1.29, 1.82) is 0 Å². The van der Waals surface area contributed by atoms with E-state index in [4.69, 9.17) is 0 Å². The molecule has 2 aromatic heterocycles. The Morgan fingerprint density at radius 2 is 1.52 bits per heavy atom. The van der Waals surface area contributed by atoms with Crippen LogP contribution in [0, 0.1) is 0 Å². The molecule has 23 heavy (non-hydrogen) atoms. The van der Waals surface area contributed by atoms with Gasteiger partial charge in [0.15, 0.2) is 5.82 Å². The van der Waals surface area contributed by atoms with Crippen LogP contribution in [0.25, 0.3) is 0 Å². The van der Waals surface area contributed by atoms with Crippen LogP contribution >= 0.6 is 0 Å². The maximum Gasteiger partial charge on any atom is 0.206 e. The van der Waals surface area contributed by atoms with Crippen molar-refractivity contribution < 1.29 is 0 Å². The molecule has 7 nitrogen and oxygen atoms in total. The summed E-state index contributed by atoms with van der Waals surface area (Å²) in [6, 6.07) is 13.1. The Hall–Kier alpha value is -3.35. The van der Waals surface area contributed by atoms with Crippen LogP contribution in [-0.2, 0) is 0 Å². The molecule has 0 spiro atoms. The average Bonchev–Trinajstić information content (AvgIpc) is 2.64. The molecule has 112 valence electrons. The molecule has 0 N–H and O–H groups in total. The molecule has 0 aliphatic heterocycles. The first-order valence-electron chi connectivity index (χ1n) is 6.94. The minimum atomic E-state index is -0.569. The molecule has 0 fully saturated rings. The third-order valence-corrected chi connectivity index (χ3v) is 2.86. The molecule has 7 heteroatoms. The SMILES string of the molecule is c1ccc(N=NC(N=Nc2cnccn2)c2ccncc2)cc1. The van der Waals surface area contributed by atoms with Crippen molar-refractivity contribution in [2.75, 3.05) is 0 Å². The summed E-state index contributed by atoms with van der Waals surface area (Å²) in [6.07, 6.45) is 7.45. The van der Waals surface area contributed by atoms with Gasteiger partial charge in [0.1, 0.15) is 0 Å². The van der Waals surface area contributed by atoms with E-state index in [-0.39, 0.29) is 0 Å². The van der Waals surface area contributed by atoms with Crippen molar-refractivity contribution in [3.63, 3.8) is 0 Å². The number of hydrogen-bond acceptors (Lipinski definition) is 7. The molecule has 1 aromatic carbocycles. The average molecular weight is 303 g/mol. The van der Waals surface area contributed by atoms with Gasteiger partial charge in [-0.15, -0.1) is 5.11 Å². The zero-order valence-electron chi connectivity index (χ0n) is 12.1. The molecule has 0 radical (unpaired) electrons. The number of pyridine rings is 1. The fourth-order valence-electron chi connectivity index (χ4n) is 1.76. The van der Waals surface area contributed by atoms with Crippen LogP contribution in [0.15, 0.2) is 93.9 Å². The summed E-state index contributed by atoms with van der Waals surface area (Å²) >= 11 is 0. The largest absolute Gasteiger partial charge is 0.265 e. The lowest BCUT2D eigenvalue weighted by molar-refractivity contribution is 0.685. The van der Waals surface area contributed by atoms with E-state index in [1.54, 1.807) is 24.8 Å². The van der Waals surface area contributed by atoms with Crippen molar-refractivity contribution in [2.24, 2.45) is 20.5 Å². The van der Waals surface area contributed by atoms with Gasteiger partial charge in [0.2, 0.25) is 6.17 Å². The van der Waals surface area contributed by atoms with E-state index in [9.17, 15) is 0 Å². The van der Waals surface area contributed by atoms with Gasteiger partial charge in [-0.05, 0) is 24.3 Å². The Balaban J connectivity index is 1.85. The number of azo groups is 2. The highest BCUT2D eigenvalue weighted by atomic mass is 15.3. The molecule has 2 heterocycles. The highest BCUT2D eigenvalue weighted by molar-refractivity contribution is 5.34. The lowest BCUT2D eigenvalue weighted by Crippen LogP contribution is -1.90. The highest BCUT2D eigenvalue weighted by Gasteiger charge is 2.08. The third-order valence-electron chi connectivity index (χ3n) is 2.86. The second-order valence-corrected chi connectivity index (χ2v) is 4.48. The molecule has 1 atom stereocenters. The van der Waals surface area contributed by atoms with Gasteiger partial charge >= 0.3 is 0 Å². The molecular formula is C16H13N7. The second kappa shape index (κ2) is 7.60. The Kier molecular flexibility index (Phi) is 4.82. The summed E-state index contributed by atoms with van der Waals surface area (Å²) in [4.78, 5) is 12.0. The second-order valence-electron chi connectivity index (χ2n) is 4.48. The van der Waals surface area contributed by atoms with E-state index >= 15 is 0 Å². The first kappa shape index (κ1) is 14.6. The smallest absolute Gasteiger partial charge is 0.206 e. The van der Waals surface area contributed by atoms with Gasteiger partial charge in [-0.3, -0.25) is 9.97 Å². The number of aromatic nitrogens is 3. The maximum absolute atomic E-state index is 4.27. The quantitative estimate of drug-likeness (QED) is 0.653. The lowest BCUT2D eigenvalue weighted by atomic mass is 10.2. The van der Waals surface area contributed by atoms with Crippen LogP contribution in [0.2, 0.25) is 0 Å². The van der Waals surface area contributed by atoms with Crippen molar-refractivity contribution in [2.45, 2.75) is 6.17 Å². The third kappa shape index (κ3) is 4.31. The highest BCUT2D eigenvalue weighted by Crippen LogP contribution is 2.23. The summed E-state index contributed by atoms with van der Waals surface area (Å²) in [5.74, 6) is 0.418. The van der Waals surface area contributed by atoms with Gasteiger partial charge in [-0.25, -0.2) is 4.98 Å². The van der Waals surface area contributed by atoms with Gasteiger partial charge in [-0.1, -0.05) is 18.2 Å². The summed E-state index contributed by atoms with van der Waals surface area (Å²) < 4.78 is 0. The molecule has 0 bridgehead atoms. The van der Waals surface area contributed by atoms with E-state index in [1.165, 1.54) is 6.20 Å². The monoisotopic (exact) mass is 303 g/mol. The minimum absolute atomic E-state index is 0.418. The van der Waals surface area contributed by atoms with Gasteiger partial charge in [0.05, 0.1) is 11.9 Å². The fourth-order valence-corrected chi connectivity index (χ4v) is 1.76. The molecular weight excluding hydrogens is 290 g/mol. The van der Waals surface area contributed by atoms with Crippen molar-refractivity contribution >= 4 is 11.5 Å². The van der Waals surface area contributed by atoms with E-state index in [0.717, 1.165) is 11.3 Å². The van der Waals surface area contributed by atoms with Crippen molar-refractivity contribution in [3.05, 3.63) is 79.0 Å². The lowest BCUT2D eigenvalue weighted by Gasteiger charge is -2.04. The van der Waals surface area contributed by atoms with E-state index in [1.807, 2.05) is 42.5 Å². The predicted octanol–water partition coefficient (Wildman–Crippen LogP) is 4.44. The summed E-state index contributed by atoms with van der Waals surface area (Å²) in [5.41, 5.74) is 1.59. The number of rotatable bonds is 5. The summed E-state index contributed by atoms with van der Waals surface area (Å²) in [6.45, 7) is 0. The first-order valence-corrected chi connectivity index (χ1v) is 6.94. The molecule has 3 rings (SSSR count). The Labute approximate surface area is 132 Å². The van der Waals surface area contributed by atoms with E-state index in [0.29, 0.717) is 5.82 Å². The molecule has 3 aromatic rings. The number of hydrogen-bond donors (Lipinski definition) is 0. The van der Waals surface area contributed by atoms with Gasteiger partial charge < -0.3 is 0 Å². The Bertz CT molecular complexity index is 724. The zero-order valence-corrected chi connectivity index (χ0v) is 12.1. The number of benzene rings is 1. The first-order chi connectivity index (χ1) is 11.4. The topological polar surface area (TPSA) is 88.1 Å². The van der Waals surface area contributed by atoms with Crippen LogP contribution in [0.3, 0.4) is 0 Å². The molecule has 0 saturated carbocycles. The van der Waals surface area contributed by atoms with E-state index in [2.05, 4.69) is 35.4 Å². The van der Waals surface area contributed by atoms with Crippen molar-refractivity contribution in [1.82, 2.24) is 15.0 Å². The van der Waals surface area contributed by atoms with Crippen LogP contribution < -0.4 is 0 Å². The standard InChI is InChI=1S/C16H13N7/c1-2-4-14(5-3-1)20-22-16(13-6-8-17-9-7-13)23-21-15-12-18-10-11-19-15/h1-12,16H. The molecule has 0 aliphatic rings. The Morgan fingerprint density at radius 3 is 2.26 bits per heavy atom. The molecule has 0 aliphatic carbocycles. The van der Waals surface area contributed by atoms with E-state index < -0.39 is 6.17 Å². The van der Waals surface area contributed by atoms with Crippen LogP contribution in [-0.4, -0.2) is 15.0 Å². The van der Waals surface area contributed by atoms with Gasteiger partial charge in [0, 0.05) is 30.4 Å².